The van der Waals surface area contributed by atoms with E-state index in [0.29, 0.717) is 28.1 Å². The van der Waals surface area contributed by atoms with Gasteiger partial charge in [-0.1, -0.05) is 40.2 Å². The molecule has 8 heteroatoms. The highest BCUT2D eigenvalue weighted by Gasteiger charge is 2.12. The van der Waals surface area contributed by atoms with Crippen molar-refractivity contribution in [1.82, 2.24) is 5.43 Å². The van der Waals surface area contributed by atoms with Crippen LogP contribution in [0.25, 0.3) is 0 Å². The highest BCUT2D eigenvalue weighted by atomic mass is 79.9. The number of hydrogen-bond donors (Lipinski definition) is 1. The molecular weight excluding hydrogens is 550 g/mol. The summed E-state index contributed by atoms with van der Waals surface area (Å²) in [6.45, 7) is 2.63. The molecule has 0 bridgehead atoms. The zero-order valence-corrected chi connectivity index (χ0v) is 21.0. The normalized spacial score (nSPS) is 10.6. The Bertz CT molecular complexity index is 1190. The lowest BCUT2D eigenvalue weighted by Gasteiger charge is -2.15. The van der Waals surface area contributed by atoms with Crippen molar-refractivity contribution in [3.8, 4) is 17.6 Å². The van der Waals surface area contributed by atoms with Gasteiger partial charge in [-0.3, -0.25) is 4.79 Å². The number of amides is 1. The molecule has 0 heterocycles. The zero-order valence-electron chi connectivity index (χ0n) is 17.8. The molecule has 3 aromatic rings. The van der Waals surface area contributed by atoms with Crippen LogP contribution in [0.2, 0.25) is 0 Å². The van der Waals surface area contributed by atoms with E-state index in [1.54, 1.807) is 24.4 Å². The van der Waals surface area contributed by atoms with Crippen LogP contribution in [0.5, 0.6) is 11.5 Å². The largest absolute Gasteiger partial charge is 0.490 e. The number of halogens is 2. The Morgan fingerprint density at radius 3 is 2.61 bits per heavy atom. The van der Waals surface area contributed by atoms with E-state index >= 15 is 0 Å². The maximum Gasteiger partial charge on any atom is 0.244 e. The number of rotatable bonds is 9. The van der Waals surface area contributed by atoms with E-state index in [4.69, 9.17) is 14.7 Å². The van der Waals surface area contributed by atoms with Crippen molar-refractivity contribution in [3.63, 3.8) is 0 Å². The van der Waals surface area contributed by atoms with Crippen LogP contribution in [0.3, 0.4) is 0 Å². The van der Waals surface area contributed by atoms with Gasteiger partial charge < -0.3 is 9.47 Å². The summed E-state index contributed by atoms with van der Waals surface area (Å²) in [6, 6.07) is 20.5. The number of carbonyl (C=O) groups is 1. The third-order valence-electron chi connectivity index (χ3n) is 4.45. The van der Waals surface area contributed by atoms with E-state index < -0.39 is 0 Å². The number of ether oxygens (including phenoxy) is 2. The summed E-state index contributed by atoms with van der Waals surface area (Å²) in [4.78, 5) is 12.1. The van der Waals surface area contributed by atoms with E-state index in [9.17, 15) is 4.79 Å². The van der Waals surface area contributed by atoms with Crippen molar-refractivity contribution in [2.45, 2.75) is 20.0 Å². The van der Waals surface area contributed by atoms with Gasteiger partial charge in [0.25, 0.3) is 0 Å². The molecule has 1 N–H and O–H groups in total. The average molecular weight is 571 g/mol. The highest BCUT2D eigenvalue weighted by molar-refractivity contribution is 9.10. The van der Waals surface area contributed by atoms with Gasteiger partial charge in [0.1, 0.15) is 6.61 Å². The quantitative estimate of drug-likeness (QED) is 0.262. The van der Waals surface area contributed by atoms with E-state index in [2.05, 4.69) is 48.5 Å². The van der Waals surface area contributed by atoms with E-state index in [1.807, 2.05) is 49.4 Å². The Kier molecular flexibility index (Phi) is 9.04. The molecule has 1 amide bonds. The van der Waals surface area contributed by atoms with Crippen molar-refractivity contribution < 1.29 is 14.3 Å². The van der Waals surface area contributed by atoms with E-state index in [0.717, 1.165) is 21.2 Å². The number of nitrogens with one attached hydrogen (secondary N) is 1. The molecule has 0 saturated heterocycles. The standard InChI is InChI=1S/C25H21Br2N3O3/c1-2-32-23-12-20(15-29-30-24(31)13-17-6-8-21(26)9-7-17)11-22(27)25(23)33-16-19-5-3-4-18(10-19)14-28/h3-12,15H,2,13,16H2,1H3,(H,30,31)/b29-15+. The van der Waals surface area contributed by atoms with Crippen molar-refractivity contribution in [2.75, 3.05) is 6.61 Å². The van der Waals surface area contributed by atoms with Gasteiger partial charge in [0.2, 0.25) is 5.91 Å². The maximum absolute atomic E-state index is 12.1. The van der Waals surface area contributed by atoms with Gasteiger partial charge in [0.05, 0.1) is 35.3 Å². The predicted octanol–water partition coefficient (Wildman–Crippen LogP) is 5.75. The van der Waals surface area contributed by atoms with Crippen molar-refractivity contribution in [2.24, 2.45) is 5.10 Å². The molecule has 0 unspecified atom stereocenters. The average Bonchev–Trinajstić information content (AvgIpc) is 2.80. The predicted molar refractivity (Wildman–Crippen MR) is 134 cm³/mol. The Hall–Kier alpha value is -3.15. The number of nitrogens with zero attached hydrogens (tertiary/aromatic N) is 2. The summed E-state index contributed by atoms with van der Waals surface area (Å²) >= 11 is 6.91. The molecular formula is C25H21Br2N3O3. The van der Waals surface area contributed by atoms with Gasteiger partial charge >= 0.3 is 0 Å². The molecule has 0 aromatic heterocycles. The summed E-state index contributed by atoms with van der Waals surface area (Å²) in [5.41, 5.74) is 5.62. The molecule has 168 valence electrons. The van der Waals surface area contributed by atoms with Crippen LogP contribution in [0.15, 0.2) is 74.7 Å². The van der Waals surface area contributed by atoms with Gasteiger partial charge in [0.15, 0.2) is 11.5 Å². The summed E-state index contributed by atoms with van der Waals surface area (Å²) < 4.78 is 13.4. The first kappa shape index (κ1) is 24.5. The lowest BCUT2D eigenvalue weighted by Crippen LogP contribution is -2.19. The van der Waals surface area contributed by atoms with Gasteiger partial charge in [0, 0.05) is 4.47 Å². The van der Waals surface area contributed by atoms with Crippen LogP contribution < -0.4 is 14.9 Å². The lowest BCUT2D eigenvalue weighted by atomic mass is 10.1. The van der Waals surface area contributed by atoms with E-state index in [1.165, 1.54) is 0 Å². The van der Waals surface area contributed by atoms with Gasteiger partial charge in [-0.25, -0.2) is 5.43 Å². The SMILES string of the molecule is CCOc1cc(/C=N/NC(=O)Cc2ccc(Br)cc2)cc(Br)c1OCc1cccc(C#N)c1. The molecule has 0 atom stereocenters. The number of hydrogen-bond acceptors (Lipinski definition) is 5. The van der Waals surface area contributed by atoms with Crippen LogP contribution in [0.1, 0.15) is 29.2 Å². The van der Waals surface area contributed by atoms with Crippen LogP contribution in [0.4, 0.5) is 0 Å². The number of benzene rings is 3. The monoisotopic (exact) mass is 569 g/mol. The highest BCUT2D eigenvalue weighted by Crippen LogP contribution is 2.37. The fraction of sp³-hybridized carbons (Fsp3) is 0.160. The minimum absolute atomic E-state index is 0.211. The third kappa shape index (κ3) is 7.45. The summed E-state index contributed by atoms with van der Waals surface area (Å²) in [5, 5.41) is 13.1. The lowest BCUT2D eigenvalue weighted by molar-refractivity contribution is -0.120. The Morgan fingerprint density at radius 1 is 1.09 bits per heavy atom. The molecule has 33 heavy (non-hydrogen) atoms. The fourth-order valence-corrected chi connectivity index (χ4v) is 3.80. The van der Waals surface area contributed by atoms with Gasteiger partial charge in [-0.05, 0) is 75.9 Å². The molecule has 0 aliphatic carbocycles. The molecule has 3 rings (SSSR count). The van der Waals surface area contributed by atoms with Crippen LogP contribution in [-0.4, -0.2) is 18.7 Å². The number of hydrazone groups is 1. The molecule has 0 spiro atoms. The summed E-state index contributed by atoms with van der Waals surface area (Å²) in [7, 11) is 0. The van der Waals surface area contributed by atoms with E-state index in [-0.39, 0.29) is 18.9 Å². The summed E-state index contributed by atoms with van der Waals surface area (Å²) in [6.07, 6.45) is 1.78. The van der Waals surface area contributed by atoms with Crippen LogP contribution in [-0.2, 0) is 17.8 Å². The molecule has 0 saturated carbocycles. The minimum atomic E-state index is -0.211. The van der Waals surface area contributed by atoms with Crippen molar-refractivity contribution in [3.05, 3.63) is 91.9 Å². The number of nitriles is 1. The summed E-state index contributed by atoms with van der Waals surface area (Å²) in [5.74, 6) is 0.888. The van der Waals surface area contributed by atoms with Crippen molar-refractivity contribution >= 4 is 44.0 Å². The molecule has 0 aliphatic rings. The Balaban J connectivity index is 1.67. The Labute approximate surface area is 209 Å². The number of carbonyl (C=O) groups excluding carboxylic acids is 1. The first-order valence-corrected chi connectivity index (χ1v) is 11.7. The molecule has 0 aliphatic heterocycles. The second-order valence-electron chi connectivity index (χ2n) is 6.96. The van der Waals surface area contributed by atoms with Crippen LogP contribution >= 0.6 is 31.9 Å². The third-order valence-corrected chi connectivity index (χ3v) is 5.57. The fourth-order valence-electron chi connectivity index (χ4n) is 2.96. The topological polar surface area (TPSA) is 83.7 Å². The first-order chi connectivity index (χ1) is 16.0. The molecule has 6 nitrogen and oxygen atoms in total. The van der Waals surface area contributed by atoms with Crippen molar-refractivity contribution in [1.29, 1.82) is 5.26 Å². The zero-order chi connectivity index (χ0) is 23.6. The maximum atomic E-state index is 12.1. The van der Waals surface area contributed by atoms with Gasteiger partial charge in [-0.2, -0.15) is 10.4 Å². The Morgan fingerprint density at radius 2 is 1.88 bits per heavy atom. The minimum Gasteiger partial charge on any atom is -0.490 e. The van der Waals surface area contributed by atoms with Crippen LogP contribution in [0, 0.1) is 11.3 Å². The second-order valence-corrected chi connectivity index (χ2v) is 8.73. The second kappa shape index (κ2) is 12.2. The molecule has 0 radical (unpaired) electrons. The van der Waals surface area contributed by atoms with Gasteiger partial charge in [-0.15, -0.1) is 0 Å². The first-order valence-electron chi connectivity index (χ1n) is 10.1. The molecule has 0 fully saturated rings. The smallest absolute Gasteiger partial charge is 0.244 e. The molecule has 3 aromatic carbocycles.